The van der Waals surface area contributed by atoms with Crippen LogP contribution in [0.15, 0.2) is 51.4 Å². The van der Waals surface area contributed by atoms with Crippen molar-refractivity contribution in [2.24, 2.45) is 5.92 Å². The van der Waals surface area contributed by atoms with Gasteiger partial charge in [-0.05, 0) is 42.8 Å². The maximum Gasteiger partial charge on any atom is 0.134 e. The van der Waals surface area contributed by atoms with Crippen molar-refractivity contribution in [1.82, 2.24) is 5.32 Å². The molecule has 1 heterocycles. The molecular weight excluding hydrogens is 314 g/mol. The van der Waals surface area contributed by atoms with Gasteiger partial charge in [-0.15, -0.1) is 0 Å². The Labute approximate surface area is 129 Å². The van der Waals surface area contributed by atoms with Crippen LogP contribution < -0.4 is 5.32 Å². The minimum atomic E-state index is 0.677. The monoisotopic (exact) mass is 333 g/mol. The van der Waals surface area contributed by atoms with Crippen LogP contribution in [0.5, 0.6) is 0 Å². The van der Waals surface area contributed by atoms with E-state index < -0.39 is 0 Å². The Morgan fingerprint density at radius 2 is 1.90 bits per heavy atom. The van der Waals surface area contributed by atoms with Gasteiger partial charge in [0.1, 0.15) is 11.5 Å². The van der Waals surface area contributed by atoms with E-state index in [1.165, 1.54) is 0 Å². The van der Waals surface area contributed by atoms with E-state index in [0.29, 0.717) is 5.92 Å². The molecule has 1 aromatic heterocycles. The fraction of sp³-hybridized carbons (Fsp3) is 0.294. The van der Waals surface area contributed by atoms with Gasteiger partial charge in [-0.25, -0.2) is 0 Å². The van der Waals surface area contributed by atoms with E-state index in [-0.39, 0.29) is 0 Å². The molecule has 0 unspecified atom stereocenters. The Morgan fingerprint density at radius 3 is 2.60 bits per heavy atom. The third kappa shape index (κ3) is 4.66. The summed E-state index contributed by atoms with van der Waals surface area (Å²) in [6, 6.07) is 12.1. The molecular formula is C17H20BrNO. The molecule has 0 amide bonds. The second kappa shape index (κ2) is 7.46. The maximum absolute atomic E-state index is 5.81. The second-order valence-electron chi connectivity index (χ2n) is 5.16. The van der Waals surface area contributed by atoms with Gasteiger partial charge in [-0.3, -0.25) is 0 Å². The van der Waals surface area contributed by atoms with Crippen LogP contribution in [0.25, 0.3) is 17.4 Å². The van der Waals surface area contributed by atoms with Gasteiger partial charge < -0.3 is 9.73 Å². The van der Waals surface area contributed by atoms with E-state index in [2.05, 4.69) is 41.2 Å². The molecule has 106 valence electrons. The van der Waals surface area contributed by atoms with E-state index in [1.807, 2.05) is 42.5 Å². The predicted molar refractivity (Wildman–Crippen MR) is 88.6 cm³/mol. The highest BCUT2D eigenvalue weighted by molar-refractivity contribution is 9.10. The first-order valence-electron chi connectivity index (χ1n) is 6.88. The molecule has 1 N–H and O–H groups in total. The molecule has 20 heavy (non-hydrogen) atoms. The van der Waals surface area contributed by atoms with E-state index in [1.54, 1.807) is 0 Å². The molecule has 0 aliphatic rings. The van der Waals surface area contributed by atoms with Crippen molar-refractivity contribution >= 4 is 22.0 Å². The third-order valence-corrected chi connectivity index (χ3v) is 3.38. The smallest absolute Gasteiger partial charge is 0.134 e. The molecule has 2 nitrogen and oxygen atoms in total. The predicted octanol–water partition coefficient (Wildman–Crippen LogP) is 4.97. The van der Waals surface area contributed by atoms with Gasteiger partial charge in [-0.2, -0.15) is 0 Å². The van der Waals surface area contributed by atoms with Gasteiger partial charge in [0.05, 0.1) is 0 Å². The number of nitrogens with one attached hydrogen (secondary N) is 1. The molecule has 0 bridgehead atoms. The first-order valence-corrected chi connectivity index (χ1v) is 7.67. The molecule has 0 radical (unpaired) electrons. The van der Waals surface area contributed by atoms with Gasteiger partial charge >= 0.3 is 0 Å². The highest BCUT2D eigenvalue weighted by Gasteiger charge is 2.02. The Balaban J connectivity index is 1.92. The van der Waals surface area contributed by atoms with Crippen molar-refractivity contribution in [1.29, 1.82) is 0 Å². The Bertz CT molecular complexity index is 555. The summed E-state index contributed by atoms with van der Waals surface area (Å²) < 4.78 is 6.88. The lowest BCUT2D eigenvalue weighted by Crippen LogP contribution is -2.19. The summed E-state index contributed by atoms with van der Waals surface area (Å²) in [6.45, 7) is 6.31. The van der Waals surface area contributed by atoms with Crippen LogP contribution >= 0.6 is 15.9 Å². The Morgan fingerprint density at radius 1 is 1.15 bits per heavy atom. The van der Waals surface area contributed by atoms with Gasteiger partial charge in [0, 0.05) is 16.6 Å². The number of hydrogen-bond donors (Lipinski definition) is 1. The first-order chi connectivity index (χ1) is 9.65. The van der Waals surface area contributed by atoms with Crippen molar-refractivity contribution in [3.63, 3.8) is 0 Å². The summed E-state index contributed by atoms with van der Waals surface area (Å²) in [5.41, 5.74) is 1.09. The van der Waals surface area contributed by atoms with Crippen LogP contribution in [-0.4, -0.2) is 13.1 Å². The van der Waals surface area contributed by atoms with Crippen molar-refractivity contribution < 1.29 is 4.42 Å². The highest BCUT2D eigenvalue weighted by Crippen LogP contribution is 2.24. The van der Waals surface area contributed by atoms with Crippen LogP contribution in [-0.2, 0) is 0 Å². The average molecular weight is 334 g/mol. The number of hydrogen-bond acceptors (Lipinski definition) is 2. The fourth-order valence-corrected chi connectivity index (χ4v) is 2.11. The zero-order valence-corrected chi connectivity index (χ0v) is 13.5. The van der Waals surface area contributed by atoms with Crippen molar-refractivity contribution in [2.75, 3.05) is 13.1 Å². The van der Waals surface area contributed by atoms with E-state index in [9.17, 15) is 0 Å². The highest BCUT2D eigenvalue weighted by atomic mass is 79.9. The Kier molecular flexibility index (Phi) is 5.62. The molecule has 2 aromatic rings. The molecule has 1 aromatic carbocycles. The van der Waals surface area contributed by atoms with E-state index >= 15 is 0 Å². The number of halogens is 1. The van der Waals surface area contributed by atoms with Crippen LogP contribution in [0.1, 0.15) is 19.6 Å². The first kappa shape index (κ1) is 15.1. The summed E-state index contributed by atoms with van der Waals surface area (Å²) in [5, 5.41) is 3.37. The summed E-state index contributed by atoms with van der Waals surface area (Å²) in [5.74, 6) is 2.46. The lowest BCUT2D eigenvalue weighted by Gasteiger charge is -2.03. The van der Waals surface area contributed by atoms with Gasteiger partial charge in [0.15, 0.2) is 0 Å². The zero-order valence-electron chi connectivity index (χ0n) is 11.9. The van der Waals surface area contributed by atoms with Crippen LogP contribution in [0.3, 0.4) is 0 Å². The van der Waals surface area contributed by atoms with E-state index in [4.69, 9.17) is 4.42 Å². The second-order valence-corrected chi connectivity index (χ2v) is 6.08. The molecule has 0 aliphatic heterocycles. The minimum Gasteiger partial charge on any atom is -0.457 e. The third-order valence-electron chi connectivity index (χ3n) is 2.85. The van der Waals surface area contributed by atoms with Crippen LogP contribution in [0, 0.1) is 5.92 Å². The summed E-state index contributed by atoms with van der Waals surface area (Å²) in [4.78, 5) is 0. The van der Waals surface area contributed by atoms with Gasteiger partial charge in [0.2, 0.25) is 0 Å². The zero-order chi connectivity index (χ0) is 14.4. The van der Waals surface area contributed by atoms with E-state index in [0.717, 1.165) is 34.6 Å². The maximum atomic E-state index is 5.81. The molecule has 0 spiro atoms. The molecule has 3 heteroatoms. The molecule has 0 saturated carbocycles. The molecule has 0 aliphatic carbocycles. The lowest BCUT2D eigenvalue weighted by atomic mass is 10.2. The lowest BCUT2D eigenvalue weighted by molar-refractivity contribution is 0.569. The summed E-state index contributed by atoms with van der Waals surface area (Å²) in [7, 11) is 0. The van der Waals surface area contributed by atoms with Crippen molar-refractivity contribution in [3.05, 3.63) is 52.7 Å². The largest absolute Gasteiger partial charge is 0.457 e. The summed E-state index contributed by atoms with van der Waals surface area (Å²) >= 11 is 3.43. The van der Waals surface area contributed by atoms with Crippen LogP contribution in [0.2, 0.25) is 0 Å². The number of rotatable bonds is 6. The van der Waals surface area contributed by atoms with Crippen molar-refractivity contribution in [3.8, 4) is 11.3 Å². The molecule has 0 saturated heterocycles. The van der Waals surface area contributed by atoms with Gasteiger partial charge in [-0.1, -0.05) is 48.0 Å². The number of furan rings is 1. The van der Waals surface area contributed by atoms with Gasteiger partial charge in [0.25, 0.3) is 0 Å². The fourth-order valence-electron chi connectivity index (χ4n) is 1.84. The van der Waals surface area contributed by atoms with Crippen molar-refractivity contribution in [2.45, 2.75) is 13.8 Å². The summed E-state index contributed by atoms with van der Waals surface area (Å²) in [6.07, 6.45) is 4.10. The molecule has 2 rings (SSSR count). The Hall–Kier alpha value is -1.32. The molecule has 0 fully saturated rings. The average Bonchev–Trinajstić information content (AvgIpc) is 2.87. The molecule has 0 atom stereocenters. The minimum absolute atomic E-state index is 0.677. The number of benzene rings is 1. The standard InChI is InChI=1S/C17H20BrNO/c1-13(2)12-19-11-3-4-16-9-10-17(20-16)14-5-7-15(18)8-6-14/h3-10,13,19H,11-12H2,1-2H3. The quantitative estimate of drug-likeness (QED) is 0.755. The SMILES string of the molecule is CC(C)CNCC=Cc1ccc(-c2ccc(Br)cc2)o1. The van der Waals surface area contributed by atoms with Crippen LogP contribution in [0.4, 0.5) is 0 Å². The normalized spacial score (nSPS) is 11.6. The topological polar surface area (TPSA) is 25.2 Å².